The number of rotatable bonds is 9. The van der Waals surface area contributed by atoms with Crippen molar-refractivity contribution in [2.45, 2.75) is 18.5 Å². The molecule has 1 aliphatic rings. The molecule has 1 aliphatic carbocycles. The third-order valence-corrected chi connectivity index (χ3v) is 7.97. The Labute approximate surface area is 262 Å². The highest BCUT2D eigenvalue weighted by atomic mass is 19.4. The highest BCUT2D eigenvalue weighted by Crippen LogP contribution is 2.51. The molecular formula is C36H27F3N4O3. The number of hydrogen-bond donors (Lipinski definition) is 1. The van der Waals surface area contributed by atoms with Crippen molar-refractivity contribution in [3.63, 3.8) is 0 Å². The Bertz CT molecular complexity index is 1960. The van der Waals surface area contributed by atoms with Crippen molar-refractivity contribution >= 4 is 23.7 Å². The van der Waals surface area contributed by atoms with Crippen molar-refractivity contribution in [2.75, 3.05) is 18.8 Å². The van der Waals surface area contributed by atoms with Crippen LogP contribution in [-0.2, 0) is 9.59 Å². The van der Waals surface area contributed by atoms with Crippen LogP contribution in [0, 0.1) is 0 Å². The molecule has 2 aromatic heterocycles. The molecule has 0 saturated carbocycles. The summed E-state index contributed by atoms with van der Waals surface area (Å²) in [5.74, 6) is -2.48. The summed E-state index contributed by atoms with van der Waals surface area (Å²) in [4.78, 5) is 49.6. The molecule has 0 radical (unpaired) electrons. The number of ketones is 1. The van der Waals surface area contributed by atoms with Crippen LogP contribution in [0.5, 0.6) is 0 Å². The Hall–Kier alpha value is -5.64. The van der Waals surface area contributed by atoms with Crippen LogP contribution >= 0.6 is 0 Å². The number of carbonyl (C=O) groups excluding carboxylic acids is 3. The minimum Gasteiger partial charge on any atom is -0.397 e. The largest absolute Gasteiger partial charge is 0.406 e. The van der Waals surface area contributed by atoms with E-state index < -0.39 is 36.9 Å². The first-order valence-electron chi connectivity index (χ1n) is 14.5. The van der Waals surface area contributed by atoms with Crippen molar-refractivity contribution in [1.82, 2.24) is 14.9 Å². The zero-order valence-electron chi connectivity index (χ0n) is 24.4. The number of nitrogens with zero attached hydrogens (tertiary/aromatic N) is 3. The Morgan fingerprint density at radius 1 is 0.804 bits per heavy atom. The van der Waals surface area contributed by atoms with Gasteiger partial charge < -0.3 is 15.4 Å². The average Bonchev–Trinajstić information content (AvgIpc) is 3.40. The molecule has 2 heterocycles. The van der Waals surface area contributed by atoms with Crippen LogP contribution in [0.4, 0.5) is 18.9 Å². The minimum atomic E-state index is -4.71. The van der Waals surface area contributed by atoms with Gasteiger partial charge in [0.25, 0.3) is 0 Å². The number of carbonyl (C=O) groups is 3. The molecule has 1 unspecified atom stereocenters. The van der Waals surface area contributed by atoms with Gasteiger partial charge >= 0.3 is 6.18 Å². The molecule has 10 heteroatoms. The van der Waals surface area contributed by atoms with Gasteiger partial charge in [0.05, 0.1) is 23.0 Å². The van der Waals surface area contributed by atoms with E-state index in [2.05, 4.69) is 9.97 Å². The fourth-order valence-corrected chi connectivity index (χ4v) is 6.08. The summed E-state index contributed by atoms with van der Waals surface area (Å²) in [5.41, 5.74) is 10.8. The van der Waals surface area contributed by atoms with Crippen LogP contribution in [0.2, 0.25) is 0 Å². The molecule has 1 amide bonds. The summed E-state index contributed by atoms with van der Waals surface area (Å²) in [6, 6.07) is 25.9. The van der Waals surface area contributed by atoms with Crippen molar-refractivity contribution in [3.8, 4) is 33.6 Å². The molecule has 230 valence electrons. The van der Waals surface area contributed by atoms with Crippen molar-refractivity contribution in [3.05, 3.63) is 126 Å². The Morgan fingerprint density at radius 2 is 1.52 bits per heavy atom. The number of aromatic nitrogens is 2. The summed E-state index contributed by atoms with van der Waals surface area (Å²) >= 11 is 0. The fraction of sp³-hybridized carbons (Fsp3) is 0.139. The average molecular weight is 621 g/mol. The van der Waals surface area contributed by atoms with Crippen molar-refractivity contribution in [2.24, 2.45) is 0 Å². The van der Waals surface area contributed by atoms with E-state index in [1.54, 1.807) is 91.1 Å². The summed E-state index contributed by atoms with van der Waals surface area (Å²) in [7, 11) is 0. The molecule has 0 aliphatic heterocycles. The van der Waals surface area contributed by atoms with Crippen LogP contribution in [0.3, 0.4) is 0 Å². The number of benzene rings is 3. The molecule has 0 bridgehead atoms. The summed E-state index contributed by atoms with van der Waals surface area (Å²) in [6.07, 6.45) is -1.38. The van der Waals surface area contributed by atoms with E-state index in [0.29, 0.717) is 50.3 Å². The van der Waals surface area contributed by atoms with Gasteiger partial charge in [-0.05, 0) is 52.6 Å². The summed E-state index contributed by atoms with van der Waals surface area (Å²) in [6.45, 7) is -1.96. The number of pyridine rings is 2. The molecular weight excluding hydrogens is 593 g/mol. The number of nitrogens with two attached hydrogens (primary N) is 1. The first-order valence-corrected chi connectivity index (χ1v) is 14.5. The molecule has 1 atom stereocenters. The smallest absolute Gasteiger partial charge is 0.397 e. The molecule has 6 rings (SSSR count). The van der Waals surface area contributed by atoms with Crippen molar-refractivity contribution < 1.29 is 27.6 Å². The van der Waals surface area contributed by atoms with Crippen LogP contribution in [0.15, 0.2) is 103 Å². The van der Waals surface area contributed by atoms with E-state index in [9.17, 15) is 27.6 Å². The topological polar surface area (TPSA) is 106 Å². The number of alkyl halides is 3. The summed E-state index contributed by atoms with van der Waals surface area (Å²) in [5, 5.41) is 0. The standard InChI is InChI=1S/C36H27F3N4O3/c37-36(38,39)21-43(19-8-20-44)35(46)32-24-11-3-1-9-22(24)25-15-16-27(31(30(25)32)33-28(40)13-7-18-42-33)34(45)26-12-4-2-10-23(26)29-14-5-6-17-41-29/h1-7,9-18,20,32H,8,19,21,40H2. The fourth-order valence-electron chi connectivity index (χ4n) is 6.08. The molecule has 0 spiro atoms. The number of anilines is 1. The third-order valence-electron chi connectivity index (χ3n) is 7.97. The maximum Gasteiger partial charge on any atom is 0.406 e. The lowest BCUT2D eigenvalue weighted by molar-refractivity contribution is -0.161. The van der Waals surface area contributed by atoms with Gasteiger partial charge in [-0.1, -0.05) is 60.7 Å². The van der Waals surface area contributed by atoms with Gasteiger partial charge in [0.15, 0.2) is 5.78 Å². The monoisotopic (exact) mass is 620 g/mol. The maximum absolute atomic E-state index is 14.6. The number of amides is 1. The van der Waals surface area contributed by atoms with E-state index in [-0.39, 0.29) is 28.9 Å². The van der Waals surface area contributed by atoms with Gasteiger partial charge in [0.2, 0.25) is 5.91 Å². The summed E-state index contributed by atoms with van der Waals surface area (Å²) < 4.78 is 41.2. The molecule has 7 nitrogen and oxygen atoms in total. The van der Waals surface area contributed by atoms with Gasteiger partial charge in [-0.2, -0.15) is 13.2 Å². The minimum absolute atomic E-state index is 0.174. The number of fused-ring (bicyclic) bond motifs is 3. The lowest BCUT2D eigenvalue weighted by atomic mass is 9.84. The maximum atomic E-state index is 14.6. The number of nitrogen functional groups attached to an aromatic ring is 1. The number of hydrogen-bond acceptors (Lipinski definition) is 6. The predicted octanol–water partition coefficient (Wildman–Crippen LogP) is 6.72. The van der Waals surface area contributed by atoms with E-state index in [4.69, 9.17) is 5.73 Å². The highest BCUT2D eigenvalue weighted by Gasteiger charge is 2.42. The normalized spacial score (nSPS) is 13.5. The molecule has 0 saturated heterocycles. The zero-order chi connectivity index (χ0) is 32.4. The first-order chi connectivity index (χ1) is 22.2. The lowest BCUT2D eigenvalue weighted by Gasteiger charge is -2.28. The van der Waals surface area contributed by atoms with Gasteiger partial charge in [0.1, 0.15) is 12.8 Å². The second-order valence-corrected chi connectivity index (χ2v) is 10.8. The Kier molecular flexibility index (Phi) is 8.19. The van der Waals surface area contributed by atoms with Gasteiger partial charge in [-0.25, -0.2) is 0 Å². The first kappa shape index (κ1) is 30.4. The van der Waals surface area contributed by atoms with Gasteiger partial charge in [-0.15, -0.1) is 0 Å². The zero-order valence-corrected chi connectivity index (χ0v) is 24.4. The molecule has 46 heavy (non-hydrogen) atoms. The van der Waals surface area contributed by atoms with Crippen molar-refractivity contribution in [1.29, 1.82) is 0 Å². The Balaban J connectivity index is 1.61. The molecule has 2 N–H and O–H groups in total. The van der Waals surface area contributed by atoms with E-state index >= 15 is 0 Å². The van der Waals surface area contributed by atoms with Gasteiger partial charge in [-0.3, -0.25) is 19.6 Å². The van der Waals surface area contributed by atoms with Crippen LogP contribution in [-0.4, -0.2) is 52.1 Å². The van der Waals surface area contributed by atoms with Crippen LogP contribution in [0.1, 0.15) is 39.4 Å². The third kappa shape index (κ3) is 5.65. The van der Waals surface area contributed by atoms with Crippen LogP contribution < -0.4 is 5.73 Å². The number of aldehydes is 1. The molecule has 3 aromatic carbocycles. The highest BCUT2D eigenvalue weighted by molar-refractivity contribution is 6.18. The lowest BCUT2D eigenvalue weighted by Crippen LogP contribution is -2.42. The molecule has 0 fully saturated rings. The SMILES string of the molecule is Nc1cccnc1-c1c(C(=O)c2ccccc2-c2ccccn2)ccc2c1C(C(=O)N(CCC=O)CC(F)(F)F)c1ccccc1-2. The second-order valence-electron chi connectivity index (χ2n) is 10.8. The molecule has 5 aromatic rings. The van der Waals surface area contributed by atoms with Gasteiger partial charge in [0, 0.05) is 47.6 Å². The van der Waals surface area contributed by atoms with Crippen LogP contribution in [0.25, 0.3) is 33.6 Å². The quantitative estimate of drug-likeness (QED) is 0.145. The predicted molar refractivity (Wildman–Crippen MR) is 168 cm³/mol. The number of halogens is 3. The van der Waals surface area contributed by atoms with E-state index in [1.165, 1.54) is 6.20 Å². The van der Waals surface area contributed by atoms with E-state index in [1.807, 2.05) is 6.07 Å². The van der Waals surface area contributed by atoms with E-state index in [0.717, 1.165) is 0 Å². The Morgan fingerprint density at radius 3 is 2.24 bits per heavy atom. The second kappa shape index (κ2) is 12.4.